The summed E-state index contributed by atoms with van der Waals surface area (Å²) in [6.07, 6.45) is 4.86. The minimum Gasteiger partial charge on any atom is -0.497 e. The van der Waals surface area contributed by atoms with Crippen LogP contribution in [-0.2, 0) is 9.47 Å². The van der Waals surface area contributed by atoms with Gasteiger partial charge in [0.15, 0.2) is 0 Å². The molecule has 0 amide bonds. The number of fused-ring (bicyclic) bond motifs is 1. The van der Waals surface area contributed by atoms with Crippen molar-refractivity contribution in [3.8, 4) is 11.5 Å². The van der Waals surface area contributed by atoms with Crippen LogP contribution in [-0.4, -0.2) is 51.7 Å². The van der Waals surface area contributed by atoms with Crippen LogP contribution in [0.2, 0.25) is 0 Å². The van der Waals surface area contributed by atoms with Crippen LogP contribution in [0.15, 0.2) is 42.5 Å². The zero-order chi connectivity index (χ0) is 20.6. The number of allylic oxidation sites excluding steroid dienone is 1. The minimum absolute atomic E-state index is 0.0379. The average molecular weight is 398 g/mol. The second kappa shape index (κ2) is 10.1. The first kappa shape index (κ1) is 20.9. The number of benzene rings is 2. The summed E-state index contributed by atoms with van der Waals surface area (Å²) in [5.41, 5.74) is 3.44. The summed E-state index contributed by atoms with van der Waals surface area (Å²) in [5.74, 6) is 0.963. The Morgan fingerprint density at radius 2 is 1.86 bits per heavy atom. The van der Waals surface area contributed by atoms with Crippen molar-refractivity contribution >= 4 is 12.0 Å². The fraction of sp³-hybridized carbons (Fsp3) is 0.348. The van der Waals surface area contributed by atoms with Crippen molar-refractivity contribution in [1.29, 1.82) is 0 Å². The van der Waals surface area contributed by atoms with E-state index < -0.39 is 5.97 Å². The smallest absolute Gasteiger partial charge is 0.342 e. The molecule has 0 bridgehead atoms. The van der Waals surface area contributed by atoms with Crippen molar-refractivity contribution in [3.05, 3.63) is 64.7 Å². The van der Waals surface area contributed by atoms with Gasteiger partial charge in [-0.1, -0.05) is 30.4 Å². The van der Waals surface area contributed by atoms with Gasteiger partial charge in [0.2, 0.25) is 0 Å². The maximum absolute atomic E-state index is 12.6. The Hall–Kier alpha value is -2.83. The van der Waals surface area contributed by atoms with Crippen molar-refractivity contribution in [2.75, 3.05) is 40.6 Å². The van der Waals surface area contributed by atoms with Crippen LogP contribution in [0.5, 0.6) is 11.5 Å². The fourth-order valence-electron chi connectivity index (χ4n) is 3.51. The number of carbonyl (C=O) groups is 1. The molecule has 3 rings (SSSR count). The van der Waals surface area contributed by atoms with E-state index in [0.717, 1.165) is 28.9 Å². The molecule has 0 heterocycles. The van der Waals surface area contributed by atoms with E-state index in [1.165, 1.54) is 7.11 Å². The molecule has 154 valence electrons. The van der Waals surface area contributed by atoms with Crippen LogP contribution < -0.4 is 9.47 Å². The van der Waals surface area contributed by atoms with Crippen LogP contribution in [0.25, 0.3) is 6.08 Å². The van der Waals surface area contributed by atoms with Crippen molar-refractivity contribution in [2.45, 2.75) is 12.3 Å². The lowest BCUT2D eigenvalue weighted by Crippen LogP contribution is -2.15. The number of aliphatic hydroxyl groups is 1. The number of aliphatic hydroxyl groups excluding tert-OH is 1. The van der Waals surface area contributed by atoms with Crippen molar-refractivity contribution in [3.63, 3.8) is 0 Å². The molecule has 1 aliphatic rings. The van der Waals surface area contributed by atoms with Crippen LogP contribution in [0.1, 0.15) is 39.4 Å². The average Bonchev–Trinajstić information content (AvgIpc) is 2.77. The first-order valence-electron chi connectivity index (χ1n) is 9.56. The van der Waals surface area contributed by atoms with E-state index in [4.69, 9.17) is 24.1 Å². The lowest BCUT2D eigenvalue weighted by Gasteiger charge is -2.25. The van der Waals surface area contributed by atoms with Gasteiger partial charge < -0.3 is 24.1 Å². The molecule has 1 N–H and O–H groups in total. The van der Waals surface area contributed by atoms with E-state index in [0.29, 0.717) is 17.9 Å². The van der Waals surface area contributed by atoms with Gasteiger partial charge in [-0.25, -0.2) is 4.79 Å². The highest BCUT2D eigenvalue weighted by Crippen LogP contribution is 2.40. The van der Waals surface area contributed by atoms with Crippen molar-refractivity contribution < 1.29 is 28.8 Å². The molecule has 6 heteroatoms. The normalized spacial score (nSPS) is 14.9. The summed E-state index contributed by atoms with van der Waals surface area (Å²) in [5, 5.41) is 8.77. The molecular formula is C23H26O6. The summed E-state index contributed by atoms with van der Waals surface area (Å²) in [6.45, 7) is 0.810. The molecule has 1 atom stereocenters. The van der Waals surface area contributed by atoms with Crippen LogP contribution in [0, 0.1) is 0 Å². The molecule has 0 saturated carbocycles. The van der Waals surface area contributed by atoms with E-state index in [9.17, 15) is 4.79 Å². The topological polar surface area (TPSA) is 74.2 Å². The summed E-state index contributed by atoms with van der Waals surface area (Å²) < 4.78 is 21.3. The standard InChI is InChI=1S/C23H26O6/c1-26-17-8-6-16(7-9-17)18-4-3-5-20-19(18)10-11-21(22(20)23(25)27-2)29-15-14-28-13-12-24/h3,5-11,18,24H,4,12-15H2,1-2H3. The Labute approximate surface area is 170 Å². The molecule has 2 aromatic rings. The molecule has 0 saturated heterocycles. The van der Waals surface area contributed by atoms with E-state index in [2.05, 4.69) is 6.08 Å². The Morgan fingerprint density at radius 3 is 2.55 bits per heavy atom. The number of carbonyl (C=O) groups excluding carboxylic acids is 1. The summed E-state index contributed by atoms with van der Waals surface area (Å²) in [7, 11) is 3.01. The van der Waals surface area contributed by atoms with Crippen molar-refractivity contribution in [2.24, 2.45) is 0 Å². The van der Waals surface area contributed by atoms with E-state index >= 15 is 0 Å². The van der Waals surface area contributed by atoms with Gasteiger partial charge in [-0.3, -0.25) is 0 Å². The highest BCUT2D eigenvalue weighted by molar-refractivity contribution is 5.97. The van der Waals surface area contributed by atoms with Gasteiger partial charge in [0.25, 0.3) is 0 Å². The lowest BCUT2D eigenvalue weighted by atomic mass is 9.80. The molecule has 2 aromatic carbocycles. The molecule has 6 nitrogen and oxygen atoms in total. The zero-order valence-corrected chi connectivity index (χ0v) is 16.7. The molecule has 0 aromatic heterocycles. The highest BCUT2D eigenvalue weighted by Gasteiger charge is 2.26. The number of hydrogen-bond donors (Lipinski definition) is 1. The molecule has 0 fully saturated rings. The van der Waals surface area contributed by atoms with Gasteiger partial charge in [-0.15, -0.1) is 0 Å². The lowest BCUT2D eigenvalue weighted by molar-refractivity contribution is 0.0581. The number of methoxy groups -OCH3 is 2. The van der Waals surface area contributed by atoms with Gasteiger partial charge >= 0.3 is 5.97 Å². The molecule has 1 unspecified atom stereocenters. The van der Waals surface area contributed by atoms with Crippen LogP contribution in [0.4, 0.5) is 0 Å². The van der Waals surface area contributed by atoms with Gasteiger partial charge in [-0.2, -0.15) is 0 Å². The van der Waals surface area contributed by atoms with E-state index in [-0.39, 0.29) is 25.7 Å². The maximum Gasteiger partial charge on any atom is 0.342 e. The molecular weight excluding hydrogens is 372 g/mol. The number of hydrogen-bond acceptors (Lipinski definition) is 6. The van der Waals surface area contributed by atoms with Crippen LogP contribution in [0.3, 0.4) is 0 Å². The largest absolute Gasteiger partial charge is 0.497 e. The number of ether oxygens (including phenoxy) is 4. The SMILES string of the molecule is COC(=O)c1c(OCCOCCO)ccc2c1C=CCC2c1ccc(OC)cc1. The van der Waals surface area contributed by atoms with Crippen molar-refractivity contribution in [1.82, 2.24) is 0 Å². The summed E-state index contributed by atoms with van der Waals surface area (Å²) in [4.78, 5) is 12.6. The minimum atomic E-state index is -0.437. The van der Waals surface area contributed by atoms with Gasteiger partial charge in [0.1, 0.15) is 23.7 Å². The van der Waals surface area contributed by atoms with E-state index in [1.807, 2.05) is 42.5 Å². The Kier molecular flexibility index (Phi) is 7.27. The van der Waals surface area contributed by atoms with Crippen LogP contribution >= 0.6 is 0 Å². The monoisotopic (exact) mass is 398 g/mol. The first-order valence-corrected chi connectivity index (χ1v) is 9.56. The Balaban J connectivity index is 1.91. The molecule has 0 aliphatic heterocycles. The maximum atomic E-state index is 12.6. The predicted molar refractivity (Wildman–Crippen MR) is 110 cm³/mol. The molecule has 29 heavy (non-hydrogen) atoms. The fourth-order valence-corrected chi connectivity index (χ4v) is 3.51. The third kappa shape index (κ3) is 4.78. The van der Waals surface area contributed by atoms with E-state index in [1.54, 1.807) is 7.11 Å². The predicted octanol–water partition coefficient (Wildman–Crippen LogP) is 3.42. The number of esters is 1. The molecule has 0 radical (unpaired) electrons. The quantitative estimate of drug-likeness (QED) is 0.515. The van der Waals surface area contributed by atoms with Gasteiger partial charge in [0.05, 0.1) is 34.0 Å². The van der Waals surface area contributed by atoms with Gasteiger partial charge in [0, 0.05) is 5.92 Å². The molecule has 1 aliphatic carbocycles. The Morgan fingerprint density at radius 1 is 1.07 bits per heavy atom. The first-order chi connectivity index (χ1) is 14.2. The zero-order valence-electron chi connectivity index (χ0n) is 16.7. The third-order valence-electron chi connectivity index (χ3n) is 4.90. The number of rotatable bonds is 9. The van der Waals surface area contributed by atoms with Gasteiger partial charge in [-0.05, 0) is 41.3 Å². The Bertz CT molecular complexity index is 856. The summed E-state index contributed by atoms with van der Waals surface area (Å²) in [6, 6.07) is 11.8. The third-order valence-corrected chi connectivity index (χ3v) is 4.90. The highest BCUT2D eigenvalue weighted by atomic mass is 16.5. The molecule has 0 spiro atoms. The second-order valence-electron chi connectivity index (χ2n) is 6.58. The summed E-state index contributed by atoms with van der Waals surface area (Å²) >= 11 is 0. The second-order valence-corrected chi connectivity index (χ2v) is 6.58.